The first-order valence-corrected chi connectivity index (χ1v) is 16.0. The van der Waals surface area contributed by atoms with Gasteiger partial charge < -0.3 is 0 Å². The van der Waals surface area contributed by atoms with Crippen LogP contribution < -0.4 is 0 Å². The van der Waals surface area contributed by atoms with Crippen molar-refractivity contribution in [2.45, 2.75) is 38.6 Å². The Balaban J connectivity index is 0.00000105. The molecule has 27 heavy (non-hydrogen) atoms. The van der Waals surface area contributed by atoms with Gasteiger partial charge in [0.25, 0.3) is 0 Å². The predicted molar refractivity (Wildman–Crippen MR) is 118 cm³/mol. The van der Waals surface area contributed by atoms with Crippen LogP contribution in [0.2, 0.25) is 8.26 Å². The summed E-state index contributed by atoms with van der Waals surface area (Å²) in [4.78, 5) is 0. The molecule has 0 bridgehead atoms. The number of allylic oxidation sites excluding steroid dienone is 4. The number of fused-ring (bicyclic) bond motifs is 3. The average molecular weight is 479 g/mol. The van der Waals surface area contributed by atoms with Gasteiger partial charge >= 0.3 is 157 Å². The van der Waals surface area contributed by atoms with Crippen LogP contribution in [0.1, 0.15) is 41.4 Å². The molecule has 3 heteroatoms. The van der Waals surface area contributed by atoms with Crippen molar-refractivity contribution in [3.05, 3.63) is 80.7 Å². The van der Waals surface area contributed by atoms with E-state index in [0.29, 0.717) is 0 Å². The largest absolute Gasteiger partial charge is 0.147 e. The van der Waals surface area contributed by atoms with Crippen LogP contribution in [0.3, 0.4) is 0 Å². The average Bonchev–Trinajstić information content (AvgIpc) is 3.21. The van der Waals surface area contributed by atoms with Crippen molar-refractivity contribution in [2.24, 2.45) is 5.92 Å². The molecule has 1 heterocycles. The molecule has 0 spiro atoms. The second-order valence-electron chi connectivity index (χ2n) is 7.93. The Hall–Kier alpha value is -0.617. The quantitative estimate of drug-likeness (QED) is 0.419. The minimum atomic E-state index is -2.36. The van der Waals surface area contributed by atoms with Crippen molar-refractivity contribution in [3.63, 3.8) is 0 Å². The monoisotopic (exact) mass is 476 g/mol. The summed E-state index contributed by atoms with van der Waals surface area (Å²) in [5.74, 6) is 0.744. The molecule has 3 aliphatic rings. The number of halogens is 2. The van der Waals surface area contributed by atoms with Crippen molar-refractivity contribution in [1.82, 2.24) is 0 Å². The van der Waals surface area contributed by atoms with Crippen LogP contribution in [0, 0.1) is 5.92 Å². The Kier molecular flexibility index (Phi) is 6.27. The number of hydrogen-bond donors (Lipinski definition) is 0. The first-order valence-electron chi connectivity index (χ1n) is 9.90. The van der Waals surface area contributed by atoms with E-state index in [9.17, 15) is 0 Å². The molecule has 1 aliphatic heterocycles. The molecule has 5 rings (SSSR count). The van der Waals surface area contributed by atoms with Crippen molar-refractivity contribution in [3.8, 4) is 11.1 Å². The van der Waals surface area contributed by atoms with Crippen LogP contribution in [0.4, 0.5) is 0 Å². The zero-order chi connectivity index (χ0) is 17.0. The van der Waals surface area contributed by atoms with Crippen molar-refractivity contribution >= 4 is 24.8 Å². The van der Waals surface area contributed by atoms with E-state index in [4.69, 9.17) is 0 Å². The molecule has 2 aromatic rings. The van der Waals surface area contributed by atoms with Gasteiger partial charge in [0.1, 0.15) is 0 Å². The van der Waals surface area contributed by atoms with Crippen LogP contribution >= 0.6 is 24.8 Å². The molecule has 0 nitrogen and oxygen atoms in total. The third-order valence-electron chi connectivity index (χ3n) is 6.78. The smallest absolute Gasteiger partial charge is 0.147 e. The minimum Gasteiger partial charge on any atom is -0.147 e. The zero-order valence-corrected chi connectivity index (χ0v) is 20.2. The summed E-state index contributed by atoms with van der Waals surface area (Å²) in [5.41, 5.74) is 8.05. The maximum Gasteiger partial charge on any atom is -0.147 e. The molecule has 0 amide bonds. The van der Waals surface area contributed by atoms with E-state index in [-0.39, 0.29) is 24.8 Å². The summed E-state index contributed by atoms with van der Waals surface area (Å²) >= 11 is -2.36. The fourth-order valence-electron chi connectivity index (χ4n) is 5.59. The van der Waals surface area contributed by atoms with Crippen LogP contribution in [0.5, 0.6) is 0 Å². The van der Waals surface area contributed by atoms with Crippen molar-refractivity contribution in [2.75, 3.05) is 0 Å². The Morgan fingerprint density at radius 3 is 1.89 bits per heavy atom. The molecular weight excluding hydrogens is 450 g/mol. The van der Waals surface area contributed by atoms with E-state index in [1.165, 1.54) is 24.0 Å². The standard InChI is InChI=1S/C13H9.C9H13.C2H4.2ClH.Zr/c1-3-7-12-10(5-1)9-11-6-2-4-8-13(11)12;1-3-8-5-6-9(4-2)7-8;1-2;;;/h1-9H;5-6,8H,3-4H2,1-2H3;1-2H2;2*1H;. The molecule has 0 radical (unpaired) electrons. The maximum atomic E-state index is 2.53. The number of hydrogen-bond acceptors (Lipinski definition) is 0. The molecule has 2 aliphatic carbocycles. The normalized spacial score (nSPS) is 21.3. The third-order valence-corrected chi connectivity index (χ3v) is 19.2. The Bertz CT molecular complexity index is 863. The van der Waals surface area contributed by atoms with Gasteiger partial charge in [0.2, 0.25) is 0 Å². The van der Waals surface area contributed by atoms with Crippen LogP contribution in [-0.2, 0) is 20.3 Å². The second-order valence-corrected chi connectivity index (χ2v) is 18.8. The van der Waals surface area contributed by atoms with Gasteiger partial charge in [-0.1, -0.05) is 0 Å². The summed E-state index contributed by atoms with van der Waals surface area (Å²) in [6.07, 6.45) is 7.51. The Morgan fingerprint density at radius 1 is 0.852 bits per heavy atom. The van der Waals surface area contributed by atoms with E-state index in [1.807, 2.05) is 3.28 Å². The molecule has 1 unspecified atom stereocenters. The molecule has 142 valence electrons. The zero-order valence-electron chi connectivity index (χ0n) is 16.1. The van der Waals surface area contributed by atoms with Crippen LogP contribution in [-0.4, -0.2) is 0 Å². The molecule has 2 aromatic carbocycles. The summed E-state index contributed by atoms with van der Waals surface area (Å²) in [6, 6.07) is 18.5. The first kappa shape index (κ1) is 21.1. The van der Waals surface area contributed by atoms with Crippen LogP contribution in [0.25, 0.3) is 11.1 Å². The van der Waals surface area contributed by atoms with Gasteiger partial charge in [-0.25, -0.2) is 0 Å². The molecular formula is C24H28Cl2Zr. The number of rotatable bonds is 4. The molecule has 1 fully saturated rings. The fraction of sp³-hybridized carbons (Fsp3) is 0.333. The van der Waals surface area contributed by atoms with Gasteiger partial charge in [0, 0.05) is 0 Å². The topological polar surface area (TPSA) is 0 Å². The molecule has 1 saturated heterocycles. The van der Waals surface area contributed by atoms with Gasteiger partial charge in [-0.15, -0.1) is 24.8 Å². The predicted octanol–water partition coefficient (Wildman–Crippen LogP) is 7.86. The molecule has 0 aromatic heterocycles. The molecule has 0 N–H and O–H groups in total. The van der Waals surface area contributed by atoms with E-state index in [2.05, 4.69) is 74.5 Å². The Morgan fingerprint density at radius 2 is 1.41 bits per heavy atom. The van der Waals surface area contributed by atoms with E-state index in [0.717, 1.165) is 9.54 Å². The van der Waals surface area contributed by atoms with Gasteiger partial charge in [0.15, 0.2) is 0 Å². The minimum absolute atomic E-state index is 0. The SMILES string of the molecule is CCC1=[C]([Zr]2([CH]3c4ccccc4-c4ccccc43)[CH2][CH2]2)C(CC)C=C1.Cl.Cl. The molecule has 0 saturated carbocycles. The second kappa shape index (κ2) is 8.02. The van der Waals surface area contributed by atoms with E-state index < -0.39 is 20.3 Å². The van der Waals surface area contributed by atoms with Crippen molar-refractivity contribution < 1.29 is 20.3 Å². The fourth-order valence-corrected chi connectivity index (χ4v) is 22.6. The van der Waals surface area contributed by atoms with E-state index >= 15 is 0 Å². The van der Waals surface area contributed by atoms with Gasteiger partial charge in [-0.3, -0.25) is 0 Å². The maximum absolute atomic E-state index is 2.53. The van der Waals surface area contributed by atoms with Crippen molar-refractivity contribution in [1.29, 1.82) is 0 Å². The van der Waals surface area contributed by atoms with Gasteiger partial charge in [-0.2, -0.15) is 0 Å². The Labute approximate surface area is 180 Å². The summed E-state index contributed by atoms with van der Waals surface area (Å²) < 4.78 is 5.85. The molecule has 1 atom stereocenters. The summed E-state index contributed by atoms with van der Waals surface area (Å²) in [5, 5.41) is 0. The summed E-state index contributed by atoms with van der Waals surface area (Å²) in [6.45, 7) is 4.74. The van der Waals surface area contributed by atoms with Gasteiger partial charge in [0.05, 0.1) is 0 Å². The van der Waals surface area contributed by atoms with Gasteiger partial charge in [-0.05, 0) is 0 Å². The van der Waals surface area contributed by atoms with E-state index in [1.54, 1.807) is 25.0 Å². The first-order chi connectivity index (χ1) is 12.3. The summed E-state index contributed by atoms with van der Waals surface area (Å²) in [7, 11) is 0. The number of benzene rings is 2. The van der Waals surface area contributed by atoms with Crippen LogP contribution in [0.15, 0.2) is 69.5 Å². The third kappa shape index (κ3) is 3.06.